The highest BCUT2D eigenvalue weighted by molar-refractivity contribution is 5.94. The minimum absolute atomic E-state index is 0.0162. The number of fused-ring (bicyclic) bond motifs is 3. The van der Waals surface area contributed by atoms with Crippen molar-refractivity contribution in [2.45, 2.75) is 58.0 Å². The monoisotopic (exact) mass is 419 g/mol. The van der Waals surface area contributed by atoms with Gasteiger partial charge in [-0.1, -0.05) is 12.1 Å². The van der Waals surface area contributed by atoms with Crippen molar-refractivity contribution >= 4 is 28.4 Å². The Morgan fingerprint density at radius 2 is 2.03 bits per heavy atom. The number of aromatic nitrogens is 3. The quantitative estimate of drug-likeness (QED) is 0.555. The zero-order chi connectivity index (χ0) is 21.2. The van der Waals surface area contributed by atoms with Gasteiger partial charge in [-0.05, 0) is 69.6 Å². The molecule has 3 aromatic rings. The summed E-state index contributed by atoms with van der Waals surface area (Å²) in [6, 6.07) is 8.03. The van der Waals surface area contributed by atoms with Crippen LogP contribution in [0.25, 0.3) is 11.0 Å². The molecule has 0 saturated heterocycles. The molecule has 1 saturated carbocycles. The molecule has 5 rings (SSSR count). The zero-order valence-electron chi connectivity index (χ0n) is 17.9. The normalized spacial score (nSPS) is 18.7. The number of nitrogens with zero attached hydrogens (tertiary/aromatic N) is 2. The van der Waals surface area contributed by atoms with Crippen LogP contribution >= 0.6 is 0 Å². The fraction of sp³-hybridized carbons (Fsp3) is 0.458. The summed E-state index contributed by atoms with van der Waals surface area (Å²) in [5.74, 6) is 1.72. The summed E-state index contributed by atoms with van der Waals surface area (Å²) in [6.45, 7) is 2.61. The summed E-state index contributed by atoms with van der Waals surface area (Å²) in [5.41, 5.74) is 4.03. The van der Waals surface area contributed by atoms with E-state index in [1.54, 1.807) is 6.33 Å². The van der Waals surface area contributed by atoms with Gasteiger partial charge in [0.05, 0.1) is 17.2 Å². The predicted octanol–water partition coefficient (Wildman–Crippen LogP) is 4.26. The number of aromatic amines is 1. The number of amides is 1. The lowest BCUT2D eigenvalue weighted by atomic mass is 9.86. The van der Waals surface area contributed by atoms with Crippen LogP contribution in [0.15, 0.2) is 30.6 Å². The van der Waals surface area contributed by atoms with E-state index < -0.39 is 0 Å². The third-order valence-corrected chi connectivity index (χ3v) is 6.43. The molecule has 1 amide bonds. The number of nitrogens with one attached hydrogen (secondary N) is 3. The van der Waals surface area contributed by atoms with Crippen LogP contribution in [0.2, 0.25) is 0 Å². The van der Waals surface area contributed by atoms with E-state index >= 15 is 0 Å². The molecule has 2 aliphatic rings. The van der Waals surface area contributed by atoms with Gasteiger partial charge in [0.15, 0.2) is 0 Å². The van der Waals surface area contributed by atoms with Gasteiger partial charge in [-0.15, -0.1) is 0 Å². The van der Waals surface area contributed by atoms with E-state index in [2.05, 4.69) is 25.6 Å². The van der Waals surface area contributed by atoms with Gasteiger partial charge in [0.1, 0.15) is 23.5 Å². The van der Waals surface area contributed by atoms with Crippen molar-refractivity contribution in [1.29, 1.82) is 0 Å². The first-order valence-electron chi connectivity index (χ1n) is 11.4. The van der Waals surface area contributed by atoms with E-state index in [1.807, 2.05) is 31.2 Å². The summed E-state index contributed by atoms with van der Waals surface area (Å²) in [6.07, 6.45) is 8.93. The first-order valence-corrected chi connectivity index (χ1v) is 11.4. The van der Waals surface area contributed by atoms with E-state index in [0.29, 0.717) is 13.0 Å². The van der Waals surface area contributed by atoms with Crippen LogP contribution in [-0.2, 0) is 17.6 Å². The predicted molar refractivity (Wildman–Crippen MR) is 121 cm³/mol. The number of benzene rings is 1. The Balaban J connectivity index is 1.47. The summed E-state index contributed by atoms with van der Waals surface area (Å²) in [4.78, 5) is 24.9. The van der Waals surface area contributed by atoms with Gasteiger partial charge < -0.3 is 20.4 Å². The van der Waals surface area contributed by atoms with Crippen molar-refractivity contribution in [3.63, 3.8) is 0 Å². The maximum Gasteiger partial charge on any atom is 0.223 e. The second-order valence-electron chi connectivity index (χ2n) is 8.51. The largest absolute Gasteiger partial charge is 0.488 e. The molecule has 162 valence electrons. The summed E-state index contributed by atoms with van der Waals surface area (Å²) < 4.78 is 6.29. The van der Waals surface area contributed by atoms with Crippen LogP contribution in [-0.4, -0.2) is 33.5 Å². The van der Waals surface area contributed by atoms with E-state index in [9.17, 15) is 4.79 Å². The standard InChI is InChI=1S/C24H29N5O2/c1-2-25-24(30)15-11-12-18-17(13-15)21-22(28-18)26-14-27-23(21)29-19-9-5-6-10-20(19)31-16-7-3-4-8-16/h5-6,9-10,14-16H,2-4,7-8,11-13H2,1H3,(H,25,30)(H2,26,27,28,29). The number of aryl methyl sites for hydroxylation is 1. The van der Waals surface area contributed by atoms with Gasteiger partial charge in [-0.2, -0.15) is 0 Å². The number of ether oxygens (including phenoxy) is 1. The van der Waals surface area contributed by atoms with Crippen molar-refractivity contribution in [2.75, 3.05) is 11.9 Å². The fourth-order valence-corrected chi connectivity index (χ4v) is 4.86. The number of carbonyl (C=O) groups is 1. The Morgan fingerprint density at radius 1 is 1.19 bits per heavy atom. The SMILES string of the molecule is CCNC(=O)C1CCc2[nH]c3ncnc(Nc4ccccc4OC4CCCC4)c3c2C1. The molecule has 0 spiro atoms. The molecule has 0 bridgehead atoms. The second kappa shape index (κ2) is 8.57. The lowest BCUT2D eigenvalue weighted by Gasteiger charge is -2.22. The molecule has 1 aromatic carbocycles. The number of carbonyl (C=O) groups excluding carboxylic acids is 1. The van der Waals surface area contributed by atoms with Gasteiger partial charge in [-0.25, -0.2) is 9.97 Å². The minimum atomic E-state index is -0.0162. The number of rotatable bonds is 6. The number of H-pyrrole nitrogens is 1. The third-order valence-electron chi connectivity index (χ3n) is 6.43. The molecule has 2 aliphatic carbocycles. The maximum absolute atomic E-state index is 12.5. The van der Waals surface area contributed by atoms with Crippen LogP contribution in [0.4, 0.5) is 11.5 Å². The van der Waals surface area contributed by atoms with Gasteiger partial charge >= 0.3 is 0 Å². The van der Waals surface area contributed by atoms with Crippen LogP contribution in [0.3, 0.4) is 0 Å². The third kappa shape index (κ3) is 3.96. The molecule has 1 fully saturated rings. The fourth-order valence-electron chi connectivity index (χ4n) is 4.86. The topological polar surface area (TPSA) is 91.9 Å². The van der Waals surface area contributed by atoms with Crippen LogP contribution < -0.4 is 15.4 Å². The Labute approximate surface area is 182 Å². The molecular weight excluding hydrogens is 390 g/mol. The minimum Gasteiger partial charge on any atom is -0.488 e. The number of anilines is 2. The molecule has 7 heteroatoms. The van der Waals surface area contributed by atoms with Gasteiger partial charge in [0.2, 0.25) is 5.91 Å². The van der Waals surface area contributed by atoms with E-state index in [0.717, 1.165) is 65.2 Å². The first-order chi connectivity index (χ1) is 15.2. The molecule has 2 heterocycles. The van der Waals surface area contributed by atoms with Crippen LogP contribution in [0.1, 0.15) is 50.3 Å². The molecule has 3 N–H and O–H groups in total. The Hall–Kier alpha value is -3.09. The van der Waals surface area contributed by atoms with E-state index in [-0.39, 0.29) is 17.9 Å². The number of hydrogen-bond acceptors (Lipinski definition) is 5. The summed E-state index contributed by atoms with van der Waals surface area (Å²) in [5, 5.41) is 7.44. The van der Waals surface area contributed by atoms with Crippen molar-refractivity contribution < 1.29 is 9.53 Å². The molecule has 1 atom stereocenters. The van der Waals surface area contributed by atoms with Gasteiger partial charge in [0, 0.05) is 18.2 Å². The second-order valence-corrected chi connectivity index (χ2v) is 8.51. The molecule has 1 unspecified atom stereocenters. The number of para-hydroxylation sites is 2. The lowest BCUT2D eigenvalue weighted by Crippen LogP contribution is -2.33. The Morgan fingerprint density at radius 3 is 2.87 bits per heavy atom. The van der Waals surface area contributed by atoms with Crippen LogP contribution in [0.5, 0.6) is 5.75 Å². The zero-order valence-corrected chi connectivity index (χ0v) is 17.9. The first kappa shape index (κ1) is 19.8. The van der Waals surface area contributed by atoms with Crippen molar-refractivity contribution in [3.05, 3.63) is 41.9 Å². The average Bonchev–Trinajstić information content (AvgIpc) is 3.42. The molecule has 0 radical (unpaired) electrons. The summed E-state index contributed by atoms with van der Waals surface area (Å²) in [7, 11) is 0. The van der Waals surface area contributed by atoms with Gasteiger partial charge in [0.25, 0.3) is 0 Å². The van der Waals surface area contributed by atoms with Crippen molar-refractivity contribution in [3.8, 4) is 5.75 Å². The van der Waals surface area contributed by atoms with E-state index in [4.69, 9.17) is 4.74 Å². The summed E-state index contributed by atoms with van der Waals surface area (Å²) >= 11 is 0. The number of hydrogen-bond donors (Lipinski definition) is 3. The molecule has 31 heavy (non-hydrogen) atoms. The highest BCUT2D eigenvalue weighted by Crippen LogP contribution is 2.37. The smallest absolute Gasteiger partial charge is 0.223 e. The molecule has 2 aromatic heterocycles. The highest BCUT2D eigenvalue weighted by Gasteiger charge is 2.29. The molecular formula is C24H29N5O2. The van der Waals surface area contributed by atoms with Gasteiger partial charge in [-0.3, -0.25) is 4.79 Å². The van der Waals surface area contributed by atoms with Crippen LogP contribution in [0, 0.1) is 5.92 Å². The maximum atomic E-state index is 12.5. The lowest BCUT2D eigenvalue weighted by molar-refractivity contribution is -0.125. The highest BCUT2D eigenvalue weighted by atomic mass is 16.5. The Bertz CT molecular complexity index is 1090. The molecule has 0 aliphatic heterocycles. The van der Waals surface area contributed by atoms with E-state index in [1.165, 1.54) is 12.8 Å². The van der Waals surface area contributed by atoms with Crippen molar-refractivity contribution in [2.24, 2.45) is 5.92 Å². The average molecular weight is 420 g/mol. The Kier molecular flexibility index (Phi) is 5.49. The molecule has 7 nitrogen and oxygen atoms in total. The van der Waals surface area contributed by atoms with Crippen molar-refractivity contribution in [1.82, 2.24) is 20.3 Å².